The van der Waals surface area contributed by atoms with Gasteiger partial charge in [-0.25, -0.2) is 0 Å². The molecule has 2 aromatic rings. The molecule has 0 bridgehead atoms. The minimum Gasteiger partial charge on any atom is -0.376 e. The van der Waals surface area contributed by atoms with E-state index in [4.69, 9.17) is 18.0 Å². The second-order valence-electron chi connectivity index (χ2n) is 6.18. The summed E-state index contributed by atoms with van der Waals surface area (Å²) in [6.07, 6.45) is 2.03. The van der Waals surface area contributed by atoms with Crippen LogP contribution in [0, 0.1) is 10.1 Å². The van der Waals surface area contributed by atoms with E-state index >= 15 is 0 Å². The lowest BCUT2D eigenvalue weighted by Crippen LogP contribution is -2.20. The van der Waals surface area contributed by atoms with Crippen molar-refractivity contribution < 1.29 is 9.72 Å². The molecule has 0 spiro atoms. The van der Waals surface area contributed by atoms with Crippen LogP contribution in [0.5, 0.6) is 0 Å². The number of hydrogen-bond acceptors (Lipinski definition) is 5. The topological polar surface area (TPSA) is 114 Å². The lowest BCUT2D eigenvalue weighted by atomic mass is 10.1. The third kappa shape index (κ3) is 4.50. The molecular weight excluding hydrogens is 366 g/mol. The Morgan fingerprint density at radius 1 is 1.07 bits per heavy atom. The van der Waals surface area contributed by atoms with Crippen LogP contribution in [0.15, 0.2) is 42.5 Å². The Bertz CT molecular complexity index is 879. The predicted octanol–water partition coefficient (Wildman–Crippen LogP) is 3.10. The number of nitrogens with zero attached hydrogens (tertiary/aromatic N) is 2. The van der Waals surface area contributed by atoms with E-state index < -0.39 is 10.8 Å². The van der Waals surface area contributed by atoms with Gasteiger partial charge in [-0.1, -0.05) is 0 Å². The molecule has 4 N–H and O–H groups in total. The van der Waals surface area contributed by atoms with E-state index in [0.717, 1.165) is 25.9 Å². The third-order valence-corrected chi connectivity index (χ3v) is 4.39. The number of thiocarbonyl (C=S) groups is 1. The van der Waals surface area contributed by atoms with Crippen molar-refractivity contribution in [3.05, 3.63) is 58.1 Å². The van der Waals surface area contributed by atoms with Crippen LogP contribution in [0.2, 0.25) is 0 Å². The van der Waals surface area contributed by atoms with Gasteiger partial charge >= 0.3 is 0 Å². The van der Waals surface area contributed by atoms with Gasteiger partial charge in [0, 0.05) is 36.1 Å². The Morgan fingerprint density at radius 2 is 1.67 bits per heavy atom. The van der Waals surface area contributed by atoms with Crippen LogP contribution in [0.3, 0.4) is 0 Å². The first-order valence-corrected chi connectivity index (χ1v) is 8.86. The van der Waals surface area contributed by atoms with Crippen molar-refractivity contribution in [2.75, 3.05) is 28.6 Å². The maximum atomic E-state index is 12.5. The van der Waals surface area contributed by atoms with Gasteiger partial charge in [-0.2, -0.15) is 0 Å². The molecule has 0 radical (unpaired) electrons. The minimum atomic E-state index is -0.444. The first-order chi connectivity index (χ1) is 12.9. The SMILES string of the molecule is NC(=S)Nc1ccc(NC(=O)c2ccc(N3CCCC3)c([N+](=O)[O-])c2)cc1. The molecule has 8 nitrogen and oxygen atoms in total. The molecule has 140 valence electrons. The van der Waals surface area contributed by atoms with Gasteiger partial charge in [0.2, 0.25) is 0 Å². The van der Waals surface area contributed by atoms with Gasteiger partial charge in [0.1, 0.15) is 5.69 Å². The largest absolute Gasteiger partial charge is 0.376 e. The Labute approximate surface area is 161 Å². The highest BCUT2D eigenvalue weighted by molar-refractivity contribution is 7.80. The van der Waals surface area contributed by atoms with Gasteiger partial charge in [0.15, 0.2) is 5.11 Å². The molecular formula is C18H19N5O3S. The number of rotatable bonds is 5. The zero-order valence-corrected chi connectivity index (χ0v) is 15.3. The monoisotopic (exact) mass is 385 g/mol. The van der Waals surface area contributed by atoms with Gasteiger partial charge < -0.3 is 21.3 Å². The van der Waals surface area contributed by atoms with E-state index in [0.29, 0.717) is 17.1 Å². The molecule has 1 aliphatic rings. The van der Waals surface area contributed by atoms with Crippen molar-refractivity contribution in [1.82, 2.24) is 0 Å². The van der Waals surface area contributed by atoms with Crippen LogP contribution >= 0.6 is 12.2 Å². The van der Waals surface area contributed by atoms with E-state index in [2.05, 4.69) is 10.6 Å². The van der Waals surface area contributed by atoms with Crippen LogP contribution in [-0.2, 0) is 0 Å². The fourth-order valence-electron chi connectivity index (χ4n) is 3.02. The average molecular weight is 385 g/mol. The summed E-state index contributed by atoms with van der Waals surface area (Å²) in [6, 6.07) is 11.4. The van der Waals surface area contributed by atoms with Crippen molar-refractivity contribution in [3.63, 3.8) is 0 Å². The van der Waals surface area contributed by atoms with Crippen LogP contribution < -0.4 is 21.3 Å². The number of anilines is 3. The summed E-state index contributed by atoms with van der Waals surface area (Å²) in [7, 11) is 0. The molecule has 2 aromatic carbocycles. The predicted molar refractivity (Wildman–Crippen MR) is 109 cm³/mol. The maximum Gasteiger partial charge on any atom is 0.293 e. The number of hydrogen-bond donors (Lipinski definition) is 3. The first-order valence-electron chi connectivity index (χ1n) is 8.45. The standard InChI is InChI=1S/C18H19N5O3S/c19-18(27)21-14-6-4-13(5-7-14)20-17(24)12-3-8-15(16(11-12)23(25)26)22-9-1-2-10-22/h3-8,11H,1-2,9-10H2,(H,20,24)(H3,19,21,27). The normalized spacial score (nSPS) is 13.3. The number of carbonyl (C=O) groups is 1. The number of benzene rings is 2. The number of nitrogens with two attached hydrogens (primary N) is 1. The van der Waals surface area contributed by atoms with Gasteiger partial charge in [-0.3, -0.25) is 14.9 Å². The second kappa shape index (κ2) is 8.00. The second-order valence-corrected chi connectivity index (χ2v) is 6.62. The molecule has 1 fully saturated rings. The van der Waals surface area contributed by atoms with Crippen LogP contribution in [-0.4, -0.2) is 29.0 Å². The molecule has 0 aromatic heterocycles. The number of amides is 1. The summed E-state index contributed by atoms with van der Waals surface area (Å²) in [5.41, 5.74) is 7.40. The average Bonchev–Trinajstić information content (AvgIpc) is 3.17. The molecule has 0 saturated carbocycles. The van der Waals surface area contributed by atoms with Gasteiger partial charge in [0.25, 0.3) is 11.6 Å². The van der Waals surface area contributed by atoms with Crippen LogP contribution in [0.1, 0.15) is 23.2 Å². The quantitative estimate of drug-likeness (QED) is 0.412. The van der Waals surface area contributed by atoms with Gasteiger partial charge in [0.05, 0.1) is 4.92 Å². The number of nitrogens with one attached hydrogen (secondary N) is 2. The zero-order valence-electron chi connectivity index (χ0n) is 14.5. The lowest BCUT2D eigenvalue weighted by Gasteiger charge is -2.17. The summed E-state index contributed by atoms with van der Waals surface area (Å²) < 4.78 is 0. The zero-order chi connectivity index (χ0) is 19.4. The molecule has 1 aliphatic heterocycles. The molecule has 0 atom stereocenters. The smallest absolute Gasteiger partial charge is 0.293 e. The van der Waals surface area contributed by atoms with E-state index in [9.17, 15) is 14.9 Å². The first kappa shape index (κ1) is 18.6. The van der Waals surface area contributed by atoms with Gasteiger partial charge in [-0.05, 0) is 61.5 Å². The summed E-state index contributed by atoms with van der Waals surface area (Å²) in [5, 5.41) is 17.1. The van der Waals surface area contributed by atoms with E-state index in [-0.39, 0.29) is 16.4 Å². The van der Waals surface area contributed by atoms with Crippen molar-refractivity contribution in [3.8, 4) is 0 Å². The Kier molecular flexibility index (Phi) is 5.51. The van der Waals surface area contributed by atoms with E-state index in [1.807, 2.05) is 4.90 Å². The maximum absolute atomic E-state index is 12.5. The number of nitro groups is 1. The number of nitro benzene ring substituents is 1. The highest BCUT2D eigenvalue weighted by atomic mass is 32.1. The van der Waals surface area contributed by atoms with Crippen molar-refractivity contribution in [1.29, 1.82) is 0 Å². The summed E-state index contributed by atoms with van der Waals surface area (Å²) in [5.74, 6) is -0.416. The molecule has 1 heterocycles. The fourth-order valence-corrected chi connectivity index (χ4v) is 3.14. The Hall–Kier alpha value is -3.20. The third-order valence-electron chi connectivity index (χ3n) is 4.29. The molecule has 0 aliphatic carbocycles. The van der Waals surface area contributed by atoms with Crippen molar-refractivity contribution in [2.45, 2.75) is 12.8 Å². The van der Waals surface area contributed by atoms with E-state index in [1.165, 1.54) is 6.07 Å². The summed E-state index contributed by atoms with van der Waals surface area (Å²) in [4.78, 5) is 25.5. The van der Waals surface area contributed by atoms with Crippen LogP contribution in [0.25, 0.3) is 0 Å². The Morgan fingerprint density at radius 3 is 2.22 bits per heavy atom. The highest BCUT2D eigenvalue weighted by Crippen LogP contribution is 2.31. The molecule has 27 heavy (non-hydrogen) atoms. The van der Waals surface area contributed by atoms with Crippen molar-refractivity contribution >= 4 is 46.0 Å². The molecule has 1 saturated heterocycles. The Balaban J connectivity index is 1.77. The fraction of sp³-hybridized carbons (Fsp3) is 0.222. The summed E-state index contributed by atoms with van der Waals surface area (Å²) >= 11 is 4.77. The molecule has 9 heteroatoms. The lowest BCUT2D eigenvalue weighted by molar-refractivity contribution is -0.384. The molecule has 3 rings (SSSR count). The highest BCUT2D eigenvalue weighted by Gasteiger charge is 2.23. The summed E-state index contributed by atoms with van der Waals surface area (Å²) in [6.45, 7) is 1.58. The number of carbonyl (C=O) groups excluding carboxylic acids is 1. The van der Waals surface area contributed by atoms with Crippen LogP contribution in [0.4, 0.5) is 22.7 Å². The van der Waals surface area contributed by atoms with E-state index in [1.54, 1.807) is 36.4 Å². The van der Waals surface area contributed by atoms with Crippen molar-refractivity contribution in [2.24, 2.45) is 5.73 Å². The molecule has 0 unspecified atom stereocenters. The molecule has 1 amide bonds. The van der Waals surface area contributed by atoms with Gasteiger partial charge in [-0.15, -0.1) is 0 Å². The minimum absolute atomic E-state index is 0.0550.